The Balaban J connectivity index is 1.45. The van der Waals surface area contributed by atoms with Crippen molar-refractivity contribution < 1.29 is 13.2 Å². The summed E-state index contributed by atoms with van der Waals surface area (Å²) in [6, 6.07) is 6.28. The highest BCUT2D eigenvalue weighted by atomic mass is 32.2. The standard InChI is InChI=1S/C21H24N4O4S2/c1-14-15(2)30-20-19(14)21(27)24(13-22-20)11-8-18(26)23-16-6-5-7-17(12-16)31(28,29)25-9-3-4-10-25/h5-7,12-13H,3-4,8-11H2,1-2H3,(H,23,26). The maximum atomic E-state index is 12.7. The molecule has 0 atom stereocenters. The molecule has 4 rings (SSSR count). The molecule has 3 aromatic rings. The summed E-state index contributed by atoms with van der Waals surface area (Å²) in [7, 11) is -3.55. The predicted molar refractivity (Wildman–Crippen MR) is 121 cm³/mol. The molecule has 10 heteroatoms. The Bertz CT molecular complexity index is 1300. The fourth-order valence-electron chi connectivity index (χ4n) is 3.69. The van der Waals surface area contributed by atoms with Crippen LogP contribution >= 0.6 is 11.3 Å². The van der Waals surface area contributed by atoms with Crippen molar-refractivity contribution >= 4 is 43.2 Å². The lowest BCUT2D eigenvalue weighted by atomic mass is 10.2. The first-order valence-electron chi connectivity index (χ1n) is 10.1. The minimum Gasteiger partial charge on any atom is -0.326 e. The minimum atomic E-state index is -3.55. The Morgan fingerprint density at radius 1 is 1.23 bits per heavy atom. The van der Waals surface area contributed by atoms with Crippen LogP contribution in [0.25, 0.3) is 10.2 Å². The number of hydrogen-bond donors (Lipinski definition) is 1. The third kappa shape index (κ3) is 4.28. The smallest absolute Gasteiger partial charge is 0.262 e. The number of aromatic nitrogens is 2. The van der Waals surface area contributed by atoms with Crippen LogP contribution in [0, 0.1) is 13.8 Å². The summed E-state index contributed by atoms with van der Waals surface area (Å²) in [5.74, 6) is -0.305. The molecule has 1 amide bonds. The molecule has 0 bridgehead atoms. The fraction of sp³-hybridized carbons (Fsp3) is 0.381. The number of carbonyl (C=O) groups is 1. The van der Waals surface area contributed by atoms with E-state index in [-0.39, 0.29) is 29.3 Å². The zero-order valence-corrected chi connectivity index (χ0v) is 19.1. The minimum absolute atomic E-state index is 0.0678. The number of benzene rings is 1. The van der Waals surface area contributed by atoms with Crippen LogP contribution in [0.1, 0.15) is 29.7 Å². The number of carbonyl (C=O) groups excluding carboxylic acids is 1. The second kappa shape index (κ2) is 8.52. The van der Waals surface area contributed by atoms with E-state index in [1.54, 1.807) is 12.1 Å². The van der Waals surface area contributed by atoms with E-state index in [1.165, 1.54) is 38.7 Å². The van der Waals surface area contributed by atoms with Gasteiger partial charge in [-0.05, 0) is 50.5 Å². The lowest BCUT2D eigenvalue weighted by Crippen LogP contribution is -2.28. The first-order valence-corrected chi connectivity index (χ1v) is 12.4. The van der Waals surface area contributed by atoms with E-state index in [0.717, 1.165) is 23.3 Å². The van der Waals surface area contributed by atoms with Gasteiger partial charge >= 0.3 is 0 Å². The van der Waals surface area contributed by atoms with Crippen LogP contribution in [0.5, 0.6) is 0 Å². The summed E-state index contributed by atoms with van der Waals surface area (Å²) in [5.41, 5.74) is 1.18. The van der Waals surface area contributed by atoms with E-state index < -0.39 is 10.0 Å². The van der Waals surface area contributed by atoms with Gasteiger partial charge in [-0.15, -0.1) is 11.3 Å². The first kappa shape index (κ1) is 21.7. The van der Waals surface area contributed by atoms with Gasteiger partial charge in [0, 0.05) is 36.6 Å². The van der Waals surface area contributed by atoms with Gasteiger partial charge in [0.25, 0.3) is 5.56 Å². The van der Waals surface area contributed by atoms with Crippen LogP contribution in [-0.4, -0.2) is 41.3 Å². The summed E-state index contributed by atoms with van der Waals surface area (Å²) in [6.45, 7) is 5.09. The lowest BCUT2D eigenvalue weighted by Gasteiger charge is -2.16. The van der Waals surface area contributed by atoms with Crippen LogP contribution in [0.2, 0.25) is 0 Å². The van der Waals surface area contributed by atoms with E-state index in [9.17, 15) is 18.0 Å². The molecule has 1 aliphatic rings. The quantitative estimate of drug-likeness (QED) is 0.610. The van der Waals surface area contributed by atoms with Gasteiger partial charge in [0.05, 0.1) is 16.6 Å². The highest BCUT2D eigenvalue weighted by Crippen LogP contribution is 2.25. The van der Waals surface area contributed by atoms with Crippen molar-refractivity contribution in [2.75, 3.05) is 18.4 Å². The summed E-state index contributed by atoms with van der Waals surface area (Å²) in [4.78, 5) is 31.5. The molecular weight excluding hydrogens is 436 g/mol. The number of thiophene rings is 1. The first-order chi connectivity index (χ1) is 14.8. The Kier molecular flexibility index (Phi) is 5.96. The number of sulfonamides is 1. The molecule has 0 aliphatic carbocycles. The second-order valence-electron chi connectivity index (χ2n) is 7.64. The average Bonchev–Trinajstić information content (AvgIpc) is 3.37. The van der Waals surface area contributed by atoms with E-state index in [4.69, 9.17) is 0 Å². The van der Waals surface area contributed by atoms with Gasteiger partial charge in [0.1, 0.15) is 4.83 Å². The molecule has 1 saturated heterocycles. The van der Waals surface area contributed by atoms with Crippen LogP contribution in [0.3, 0.4) is 0 Å². The Hall–Kier alpha value is -2.56. The van der Waals surface area contributed by atoms with Crippen molar-refractivity contribution in [1.82, 2.24) is 13.9 Å². The van der Waals surface area contributed by atoms with E-state index in [1.807, 2.05) is 13.8 Å². The monoisotopic (exact) mass is 460 g/mol. The van der Waals surface area contributed by atoms with Crippen LogP contribution in [0.15, 0.2) is 40.3 Å². The molecule has 8 nitrogen and oxygen atoms in total. The summed E-state index contributed by atoms with van der Waals surface area (Å²) in [5, 5.41) is 3.33. The largest absolute Gasteiger partial charge is 0.326 e. The molecule has 0 radical (unpaired) electrons. The van der Waals surface area contributed by atoms with Gasteiger partial charge in [-0.1, -0.05) is 6.07 Å². The molecule has 1 aromatic carbocycles. The van der Waals surface area contributed by atoms with Crippen molar-refractivity contribution in [3.63, 3.8) is 0 Å². The molecule has 164 valence electrons. The Labute approximate surface area is 184 Å². The number of anilines is 1. The molecular formula is C21H24N4O4S2. The number of nitrogens with zero attached hydrogens (tertiary/aromatic N) is 3. The molecule has 0 spiro atoms. The fourth-order valence-corrected chi connectivity index (χ4v) is 6.24. The highest BCUT2D eigenvalue weighted by molar-refractivity contribution is 7.89. The van der Waals surface area contributed by atoms with Crippen LogP contribution in [-0.2, 0) is 21.4 Å². The number of aryl methyl sites for hydroxylation is 3. The van der Waals surface area contributed by atoms with Crippen molar-refractivity contribution in [2.24, 2.45) is 0 Å². The van der Waals surface area contributed by atoms with Gasteiger partial charge in [-0.2, -0.15) is 4.31 Å². The molecule has 3 heterocycles. The molecule has 1 N–H and O–H groups in total. The maximum absolute atomic E-state index is 12.7. The van der Waals surface area contributed by atoms with Crippen molar-refractivity contribution in [3.05, 3.63) is 51.4 Å². The van der Waals surface area contributed by atoms with Gasteiger partial charge in [0.2, 0.25) is 15.9 Å². The zero-order valence-electron chi connectivity index (χ0n) is 17.4. The molecule has 31 heavy (non-hydrogen) atoms. The molecule has 1 aliphatic heterocycles. The van der Waals surface area contributed by atoms with Crippen LogP contribution in [0.4, 0.5) is 5.69 Å². The second-order valence-corrected chi connectivity index (χ2v) is 10.8. The maximum Gasteiger partial charge on any atom is 0.262 e. The predicted octanol–water partition coefficient (Wildman–Crippen LogP) is 2.89. The van der Waals surface area contributed by atoms with Crippen LogP contribution < -0.4 is 10.9 Å². The number of hydrogen-bond acceptors (Lipinski definition) is 6. The molecule has 2 aromatic heterocycles. The van der Waals surface area contributed by atoms with E-state index in [2.05, 4.69) is 10.3 Å². The van der Waals surface area contributed by atoms with Gasteiger partial charge in [-0.3, -0.25) is 14.2 Å². The SMILES string of the molecule is Cc1sc2ncn(CCC(=O)Nc3cccc(S(=O)(=O)N4CCCC4)c3)c(=O)c2c1C. The normalized spacial score (nSPS) is 14.9. The number of fused-ring (bicyclic) bond motifs is 1. The highest BCUT2D eigenvalue weighted by Gasteiger charge is 2.27. The average molecular weight is 461 g/mol. The van der Waals surface area contributed by atoms with Gasteiger partial charge in [0.15, 0.2) is 0 Å². The van der Waals surface area contributed by atoms with E-state index in [0.29, 0.717) is 29.0 Å². The molecule has 1 fully saturated rings. The van der Waals surface area contributed by atoms with Crippen molar-refractivity contribution in [1.29, 1.82) is 0 Å². The van der Waals surface area contributed by atoms with Gasteiger partial charge < -0.3 is 5.32 Å². The lowest BCUT2D eigenvalue weighted by molar-refractivity contribution is -0.116. The summed E-state index contributed by atoms with van der Waals surface area (Å²) >= 11 is 1.48. The Morgan fingerprint density at radius 3 is 2.71 bits per heavy atom. The summed E-state index contributed by atoms with van der Waals surface area (Å²) in [6.07, 6.45) is 3.26. The van der Waals surface area contributed by atoms with Crippen molar-refractivity contribution in [3.8, 4) is 0 Å². The van der Waals surface area contributed by atoms with E-state index >= 15 is 0 Å². The Morgan fingerprint density at radius 2 is 1.97 bits per heavy atom. The zero-order chi connectivity index (χ0) is 22.2. The number of nitrogens with one attached hydrogen (secondary N) is 1. The van der Waals surface area contributed by atoms with Gasteiger partial charge in [-0.25, -0.2) is 13.4 Å². The molecule has 0 unspecified atom stereocenters. The van der Waals surface area contributed by atoms with Crippen molar-refractivity contribution in [2.45, 2.75) is 44.6 Å². The third-order valence-electron chi connectivity index (χ3n) is 5.56. The summed E-state index contributed by atoms with van der Waals surface area (Å²) < 4.78 is 28.4. The number of rotatable bonds is 6. The number of amides is 1. The topological polar surface area (TPSA) is 101 Å². The third-order valence-corrected chi connectivity index (χ3v) is 8.57. The molecule has 0 saturated carbocycles.